The van der Waals surface area contributed by atoms with Crippen LogP contribution in [-0.2, 0) is 6.54 Å². The molecule has 0 aliphatic carbocycles. The summed E-state index contributed by atoms with van der Waals surface area (Å²) in [5, 5.41) is 3.25. The van der Waals surface area contributed by atoms with Crippen molar-refractivity contribution in [1.29, 1.82) is 0 Å². The van der Waals surface area contributed by atoms with Gasteiger partial charge in [0, 0.05) is 11.4 Å². The maximum Gasteiger partial charge on any atom is 0.0798 e. The molecule has 1 saturated heterocycles. The number of thiazole rings is 1. The number of hydrogen-bond acceptors (Lipinski definition) is 4. The summed E-state index contributed by atoms with van der Waals surface area (Å²) in [7, 11) is 2.04. The third-order valence-corrected chi connectivity index (χ3v) is 4.64. The first-order valence-electron chi connectivity index (χ1n) is 6.55. The number of rotatable bonds is 5. The largest absolute Gasteiger partial charge is 0.320 e. The van der Waals surface area contributed by atoms with Gasteiger partial charge >= 0.3 is 0 Å². The number of hydrogen-bond donors (Lipinski definition) is 1. The van der Waals surface area contributed by atoms with Gasteiger partial charge < -0.3 is 5.32 Å². The number of aromatic nitrogens is 1. The Kier molecular flexibility index (Phi) is 7.15. The van der Waals surface area contributed by atoms with Gasteiger partial charge in [0.15, 0.2) is 0 Å². The van der Waals surface area contributed by atoms with Crippen molar-refractivity contribution in [3.05, 3.63) is 16.1 Å². The van der Waals surface area contributed by atoms with E-state index in [9.17, 15) is 0 Å². The summed E-state index contributed by atoms with van der Waals surface area (Å²) in [5.74, 6) is 0.932. The van der Waals surface area contributed by atoms with Crippen molar-refractivity contribution >= 4 is 23.7 Å². The highest BCUT2D eigenvalue weighted by Crippen LogP contribution is 2.23. The van der Waals surface area contributed by atoms with Crippen LogP contribution < -0.4 is 5.32 Å². The van der Waals surface area contributed by atoms with Gasteiger partial charge in [0.05, 0.1) is 11.2 Å². The summed E-state index contributed by atoms with van der Waals surface area (Å²) >= 11 is 1.80. The van der Waals surface area contributed by atoms with E-state index in [0.29, 0.717) is 0 Å². The Bertz CT molecular complexity index is 335. The SMILES string of the molecule is CNCCC1CCN(Cc2scnc2C)CC1.Cl. The smallest absolute Gasteiger partial charge is 0.0798 e. The Morgan fingerprint density at radius 3 is 2.72 bits per heavy atom. The summed E-state index contributed by atoms with van der Waals surface area (Å²) in [5.41, 5.74) is 3.18. The average molecular weight is 290 g/mol. The molecule has 1 fully saturated rings. The maximum absolute atomic E-state index is 4.32. The Morgan fingerprint density at radius 1 is 1.44 bits per heavy atom. The first kappa shape index (κ1) is 15.9. The molecule has 0 radical (unpaired) electrons. The number of aryl methyl sites for hydroxylation is 1. The van der Waals surface area contributed by atoms with Crippen LogP contribution in [0.1, 0.15) is 29.8 Å². The van der Waals surface area contributed by atoms with Crippen molar-refractivity contribution in [2.45, 2.75) is 32.7 Å². The van der Waals surface area contributed by atoms with Gasteiger partial charge in [-0.2, -0.15) is 0 Å². The van der Waals surface area contributed by atoms with Gasteiger partial charge in [-0.1, -0.05) is 0 Å². The van der Waals surface area contributed by atoms with Crippen molar-refractivity contribution < 1.29 is 0 Å². The van der Waals surface area contributed by atoms with E-state index in [1.165, 1.54) is 49.5 Å². The van der Waals surface area contributed by atoms with Crippen molar-refractivity contribution in [1.82, 2.24) is 15.2 Å². The lowest BCUT2D eigenvalue weighted by Gasteiger charge is -2.31. The van der Waals surface area contributed by atoms with Crippen LogP contribution in [0.3, 0.4) is 0 Å². The zero-order chi connectivity index (χ0) is 12.1. The molecule has 5 heteroatoms. The quantitative estimate of drug-likeness (QED) is 0.903. The zero-order valence-electron chi connectivity index (χ0n) is 11.3. The summed E-state index contributed by atoms with van der Waals surface area (Å²) < 4.78 is 0. The second-order valence-electron chi connectivity index (χ2n) is 4.97. The lowest BCUT2D eigenvalue weighted by molar-refractivity contribution is 0.173. The van der Waals surface area contributed by atoms with Crippen LogP contribution in [-0.4, -0.2) is 36.6 Å². The Hall–Kier alpha value is -0.160. The summed E-state index contributed by atoms with van der Waals surface area (Å²) in [4.78, 5) is 8.34. The molecule has 0 spiro atoms. The highest BCUT2D eigenvalue weighted by atomic mass is 35.5. The van der Waals surface area contributed by atoms with E-state index in [2.05, 4.69) is 22.1 Å². The highest BCUT2D eigenvalue weighted by molar-refractivity contribution is 7.09. The minimum Gasteiger partial charge on any atom is -0.320 e. The lowest BCUT2D eigenvalue weighted by Crippen LogP contribution is -2.34. The van der Waals surface area contributed by atoms with Gasteiger partial charge in [-0.25, -0.2) is 4.98 Å². The van der Waals surface area contributed by atoms with Crippen LogP contribution in [0, 0.1) is 12.8 Å². The van der Waals surface area contributed by atoms with Crippen molar-refractivity contribution in [3.63, 3.8) is 0 Å². The van der Waals surface area contributed by atoms with E-state index in [1.54, 1.807) is 11.3 Å². The normalized spacial score (nSPS) is 17.7. The number of nitrogens with zero attached hydrogens (tertiary/aromatic N) is 2. The number of nitrogens with one attached hydrogen (secondary N) is 1. The minimum atomic E-state index is 0. The van der Waals surface area contributed by atoms with E-state index < -0.39 is 0 Å². The monoisotopic (exact) mass is 289 g/mol. The van der Waals surface area contributed by atoms with Gasteiger partial charge in [-0.05, 0) is 58.8 Å². The van der Waals surface area contributed by atoms with E-state index in [0.717, 1.165) is 12.5 Å². The fourth-order valence-corrected chi connectivity index (χ4v) is 3.28. The van der Waals surface area contributed by atoms with E-state index in [1.807, 2.05) is 12.6 Å². The minimum absolute atomic E-state index is 0. The van der Waals surface area contributed by atoms with Crippen LogP contribution >= 0.6 is 23.7 Å². The second-order valence-corrected chi connectivity index (χ2v) is 5.91. The zero-order valence-corrected chi connectivity index (χ0v) is 12.9. The molecule has 3 nitrogen and oxygen atoms in total. The molecule has 1 aromatic rings. The van der Waals surface area contributed by atoms with E-state index >= 15 is 0 Å². The molecular weight excluding hydrogens is 266 g/mol. The van der Waals surface area contributed by atoms with E-state index in [-0.39, 0.29) is 12.4 Å². The molecule has 0 saturated carbocycles. The van der Waals surface area contributed by atoms with Crippen LogP contribution in [0.4, 0.5) is 0 Å². The molecule has 104 valence electrons. The average Bonchev–Trinajstić information content (AvgIpc) is 2.74. The molecule has 1 aliphatic heterocycles. The molecular formula is C13H24ClN3S. The maximum atomic E-state index is 4.32. The number of halogens is 1. The molecule has 0 amide bonds. The molecule has 0 aromatic carbocycles. The van der Waals surface area contributed by atoms with Crippen LogP contribution in [0.25, 0.3) is 0 Å². The third kappa shape index (κ3) is 4.50. The molecule has 0 unspecified atom stereocenters. The molecule has 2 heterocycles. The Balaban J connectivity index is 0.00000162. The summed E-state index contributed by atoms with van der Waals surface area (Å²) in [6.45, 7) is 6.90. The third-order valence-electron chi connectivity index (χ3n) is 3.72. The van der Waals surface area contributed by atoms with Gasteiger partial charge in [0.25, 0.3) is 0 Å². The van der Waals surface area contributed by atoms with Gasteiger partial charge in [-0.15, -0.1) is 23.7 Å². The summed E-state index contributed by atoms with van der Waals surface area (Å²) in [6.07, 6.45) is 4.06. The topological polar surface area (TPSA) is 28.2 Å². The van der Waals surface area contributed by atoms with Crippen molar-refractivity contribution in [3.8, 4) is 0 Å². The predicted molar refractivity (Wildman–Crippen MR) is 80.6 cm³/mol. The first-order chi connectivity index (χ1) is 8.29. The molecule has 0 atom stereocenters. The highest BCUT2D eigenvalue weighted by Gasteiger charge is 2.19. The van der Waals surface area contributed by atoms with E-state index in [4.69, 9.17) is 0 Å². The molecule has 18 heavy (non-hydrogen) atoms. The molecule has 0 bridgehead atoms. The Labute approximate surface area is 120 Å². The van der Waals surface area contributed by atoms with Crippen molar-refractivity contribution in [2.75, 3.05) is 26.7 Å². The predicted octanol–water partition coefficient (Wildman–Crippen LogP) is 2.69. The lowest BCUT2D eigenvalue weighted by atomic mass is 9.93. The Morgan fingerprint density at radius 2 is 2.17 bits per heavy atom. The summed E-state index contributed by atoms with van der Waals surface area (Å²) in [6, 6.07) is 0. The fourth-order valence-electron chi connectivity index (χ4n) is 2.46. The first-order valence-corrected chi connectivity index (χ1v) is 7.43. The fraction of sp³-hybridized carbons (Fsp3) is 0.769. The van der Waals surface area contributed by atoms with Gasteiger partial charge in [-0.3, -0.25) is 4.90 Å². The molecule has 1 N–H and O–H groups in total. The molecule has 1 aromatic heterocycles. The molecule has 2 rings (SSSR count). The second kappa shape index (κ2) is 8.10. The van der Waals surface area contributed by atoms with Crippen LogP contribution in [0.2, 0.25) is 0 Å². The standard InChI is InChI=1S/C13H23N3S.ClH/c1-11-13(17-10-15-11)9-16-7-4-12(5-8-16)3-6-14-2;/h10,12,14H,3-9H2,1-2H3;1H. The van der Waals surface area contributed by atoms with Crippen LogP contribution in [0.15, 0.2) is 5.51 Å². The van der Waals surface area contributed by atoms with Gasteiger partial charge in [0.2, 0.25) is 0 Å². The number of likely N-dealkylation sites (tertiary alicyclic amines) is 1. The van der Waals surface area contributed by atoms with Gasteiger partial charge in [0.1, 0.15) is 0 Å². The molecule has 1 aliphatic rings. The number of piperidine rings is 1. The van der Waals surface area contributed by atoms with Crippen LogP contribution in [0.5, 0.6) is 0 Å². The van der Waals surface area contributed by atoms with Crippen molar-refractivity contribution in [2.24, 2.45) is 5.92 Å².